The third-order valence-corrected chi connectivity index (χ3v) is 4.07. The van der Waals surface area contributed by atoms with Crippen LogP contribution in [0.5, 0.6) is 0 Å². The monoisotopic (exact) mass is 265 g/mol. The van der Waals surface area contributed by atoms with Crippen molar-refractivity contribution >= 4 is 10.0 Å². The van der Waals surface area contributed by atoms with E-state index in [1.165, 1.54) is 0 Å². The van der Waals surface area contributed by atoms with Crippen LogP contribution in [0.3, 0.4) is 0 Å². The SMILES string of the molecule is C#CCC(C)(C)CNS(=O)(=O)c1ccc(C)cc1. The maximum absolute atomic E-state index is 12.0. The highest BCUT2D eigenvalue weighted by atomic mass is 32.2. The van der Waals surface area contributed by atoms with Crippen molar-refractivity contribution in [2.45, 2.75) is 32.1 Å². The number of benzene rings is 1. The fourth-order valence-electron chi connectivity index (χ4n) is 1.43. The van der Waals surface area contributed by atoms with Crippen molar-refractivity contribution in [2.24, 2.45) is 5.41 Å². The molecule has 0 amide bonds. The van der Waals surface area contributed by atoms with Crippen LogP contribution in [0.15, 0.2) is 29.2 Å². The van der Waals surface area contributed by atoms with Gasteiger partial charge in [0, 0.05) is 13.0 Å². The van der Waals surface area contributed by atoms with Gasteiger partial charge >= 0.3 is 0 Å². The summed E-state index contributed by atoms with van der Waals surface area (Å²) in [5.74, 6) is 2.56. The van der Waals surface area contributed by atoms with Gasteiger partial charge < -0.3 is 0 Å². The lowest BCUT2D eigenvalue weighted by Crippen LogP contribution is -2.33. The second-order valence-corrected chi connectivity index (χ2v) is 6.95. The molecular weight excluding hydrogens is 246 g/mol. The predicted octanol–water partition coefficient (Wildman–Crippen LogP) is 2.32. The van der Waals surface area contributed by atoms with Gasteiger partial charge in [-0.1, -0.05) is 31.5 Å². The summed E-state index contributed by atoms with van der Waals surface area (Å²) in [6.45, 7) is 6.11. The number of sulfonamides is 1. The Kier molecular flexibility index (Phi) is 4.55. The lowest BCUT2D eigenvalue weighted by molar-refractivity contribution is 0.374. The molecule has 98 valence electrons. The standard InChI is InChI=1S/C14H19NO2S/c1-5-10-14(3,4)11-15-18(16,17)13-8-6-12(2)7-9-13/h1,6-9,15H,10-11H2,2-4H3. The van der Waals surface area contributed by atoms with Crippen molar-refractivity contribution in [1.29, 1.82) is 0 Å². The van der Waals surface area contributed by atoms with Crippen LogP contribution in [0.2, 0.25) is 0 Å². The smallest absolute Gasteiger partial charge is 0.211 e. The van der Waals surface area contributed by atoms with Crippen LogP contribution in [-0.2, 0) is 10.0 Å². The molecule has 0 fully saturated rings. The first-order valence-electron chi connectivity index (χ1n) is 5.77. The summed E-state index contributed by atoms with van der Waals surface area (Å²) in [7, 11) is -3.45. The molecule has 0 radical (unpaired) electrons. The average molecular weight is 265 g/mol. The average Bonchev–Trinajstić information content (AvgIpc) is 2.27. The molecule has 0 aliphatic rings. The molecular formula is C14H19NO2S. The number of rotatable bonds is 5. The van der Waals surface area contributed by atoms with E-state index in [0.717, 1.165) is 5.56 Å². The van der Waals surface area contributed by atoms with Gasteiger partial charge in [0.1, 0.15) is 0 Å². The van der Waals surface area contributed by atoms with E-state index in [1.54, 1.807) is 24.3 Å². The van der Waals surface area contributed by atoms with Crippen molar-refractivity contribution in [3.8, 4) is 12.3 Å². The normalized spacial score (nSPS) is 12.1. The third-order valence-electron chi connectivity index (χ3n) is 2.65. The highest BCUT2D eigenvalue weighted by Gasteiger charge is 2.21. The highest BCUT2D eigenvalue weighted by molar-refractivity contribution is 7.89. The molecule has 1 aromatic carbocycles. The second kappa shape index (κ2) is 5.55. The Balaban J connectivity index is 2.78. The van der Waals surface area contributed by atoms with Crippen molar-refractivity contribution in [2.75, 3.05) is 6.54 Å². The quantitative estimate of drug-likeness (QED) is 0.831. The van der Waals surface area contributed by atoms with Crippen molar-refractivity contribution in [3.63, 3.8) is 0 Å². The Hall–Kier alpha value is -1.31. The molecule has 0 unspecified atom stereocenters. The Labute approximate surface area is 110 Å². The summed E-state index contributed by atoms with van der Waals surface area (Å²) in [6, 6.07) is 6.76. The number of hydrogen-bond acceptors (Lipinski definition) is 2. The van der Waals surface area contributed by atoms with Gasteiger partial charge in [0.25, 0.3) is 0 Å². The molecule has 0 atom stereocenters. The molecule has 1 N–H and O–H groups in total. The molecule has 0 saturated heterocycles. The molecule has 0 bridgehead atoms. The van der Waals surface area contributed by atoms with Gasteiger partial charge in [0.05, 0.1) is 4.90 Å². The first-order chi connectivity index (χ1) is 8.27. The van der Waals surface area contributed by atoms with Gasteiger partial charge in [-0.05, 0) is 24.5 Å². The maximum atomic E-state index is 12.0. The second-order valence-electron chi connectivity index (χ2n) is 5.18. The highest BCUT2D eigenvalue weighted by Crippen LogP contribution is 2.19. The van der Waals surface area contributed by atoms with E-state index in [4.69, 9.17) is 6.42 Å². The molecule has 0 saturated carbocycles. The summed E-state index contributed by atoms with van der Waals surface area (Å²) in [6.07, 6.45) is 5.79. The molecule has 0 aliphatic heterocycles. The fourth-order valence-corrected chi connectivity index (χ4v) is 2.67. The lowest BCUT2D eigenvalue weighted by Gasteiger charge is -2.22. The van der Waals surface area contributed by atoms with Crippen molar-refractivity contribution in [3.05, 3.63) is 29.8 Å². The maximum Gasteiger partial charge on any atom is 0.240 e. The van der Waals surface area contributed by atoms with E-state index in [1.807, 2.05) is 20.8 Å². The topological polar surface area (TPSA) is 46.2 Å². The van der Waals surface area contributed by atoms with Gasteiger partial charge in [-0.15, -0.1) is 12.3 Å². The van der Waals surface area contributed by atoms with Gasteiger partial charge in [0.15, 0.2) is 0 Å². The zero-order valence-electron chi connectivity index (χ0n) is 11.0. The molecule has 1 aromatic rings. The summed E-state index contributed by atoms with van der Waals surface area (Å²) >= 11 is 0. The molecule has 0 aromatic heterocycles. The zero-order chi connectivity index (χ0) is 13.8. The minimum atomic E-state index is -3.45. The van der Waals surface area contributed by atoms with E-state index in [0.29, 0.717) is 13.0 Å². The molecule has 0 heterocycles. The molecule has 1 rings (SSSR count). The van der Waals surface area contributed by atoms with Crippen LogP contribution in [0.25, 0.3) is 0 Å². The fraction of sp³-hybridized carbons (Fsp3) is 0.429. The van der Waals surface area contributed by atoms with Crippen molar-refractivity contribution in [1.82, 2.24) is 4.72 Å². The van der Waals surface area contributed by atoms with Gasteiger partial charge in [-0.25, -0.2) is 13.1 Å². The van der Waals surface area contributed by atoms with E-state index in [2.05, 4.69) is 10.6 Å². The Morgan fingerprint density at radius 2 is 1.83 bits per heavy atom. The number of hydrogen-bond donors (Lipinski definition) is 1. The lowest BCUT2D eigenvalue weighted by atomic mass is 9.90. The van der Waals surface area contributed by atoms with Crippen LogP contribution in [0.4, 0.5) is 0 Å². The largest absolute Gasteiger partial charge is 0.240 e. The van der Waals surface area contributed by atoms with E-state index in [-0.39, 0.29) is 10.3 Å². The summed E-state index contributed by atoms with van der Waals surface area (Å²) < 4.78 is 26.7. The summed E-state index contributed by atoms with van der Waals surface area (Å²) in [5.41, 5.74) is 0.786. The summed E-state index contributed by atoms with van der Waals surface area (Å²) in [5, 5.41) is 0. The van der Waals surface area contributed by atoms with Gasteiger partial charge in [0.2, 0.25) is 10.0 Å². The van der Waals surface area contributed by atoms with Crippen LogP contribution in [-0.4, -0.2) is 15.0 Å². The van der Waals surface area contributed by atoms with E-state index in [9.17, 15) is 8.42 Å². The molecule has 0 aliphatic carbocycles. The van der Waals surface area contributed by atoms with Crippen LogP contribution in [0, 0.1) is 24.7 Å². The third kappa shape index (κ3) is 4.17. The molecule has 18 heavy (non-hydrogen) atoms. The predicted molar refractivity (Wildman–Crippen MR) is 73.6 cm³/mol. The van der Waals surface area contributed by atoms with Crippen LogP contribution >= 0.6 is 0 Å². The Morgan fingerprint density at radius 1 is 1.28 bits per heavy atom. The number of terminal acetylenes is 1. The van der Waals surface area contributed by atoms with Crippen molar-refractivity contribution < 1.29 is 8.42 Å². The molecule has 4 heteroatoms. The minimum absolute atomic E-state index is 0.244. The van der Waals surface area contributed by atoms with Gasteiger partial charge in [-0.2, -0.15) is 0 Å². The summed E-state index contributed by atoms with van der Waals surface area (Å²) in [4.78, 5) is 0.282. The zero-order valence-corrected chi connectivity index (χ0v) is 11.8. The number of nitrogens with one attached hydrogen (secondary N) is 1. The van der Waals surface area contributed by atoms with Crippen LogP contribution < -0.4 is 4.72 Å². The number of aryl methyl sites for hydroxylation is 1. The Bertz CT molecular complexity index is 536. The molecule has 0 spiro atoms. The van der Waals surface area contributed by atoms with Gasteiger partial charge in [-0.3, -0.25) is 0 Å². The van der Waals surface area contributed by atoms with E-state index >= 15 is 0 Å². The first-order valence-corrected chi connectivity index (χ1v) is 7.25. The van der Waals surface area contributed by atoms with Crippen LogP contribution in [0.1, 0.15) is 25.8 Å². The minimum Gasteiger partial charge on any atom is -0.211 e. The van der Waals surface area contributed by atoms with E-state index < -0.39 is 10.0 Å². The molecule has 3 nitrogen and oxygen atoms in total. The first kappa shape index (κ1) is 14.7. The Morgan fingerprint density at radius 3 is 2.33 bits per heavy atom.